The summed E-state index contributed by atoms with van der Waals surface area (Å²) in [6.45, 7) is -0.150. The van der Waals surface area contributed by atoms with Gasteiger partial charge in [-0.25, -0.2) is 0 Å². The number of benzene rings is 1. The van der Waals surface area contributed by atoms with E-state index in [9.17, 15) is 9.59 Å². The van der Waals surface area contributed by atoms with Crippen LogP contribution in [0.5, 0.6) is 0 Å². The summed E-state index contributed by atoms with van der Waals surface area (Å²) in [6, 6.07) is 7.04. The van der Waals surface area contributed by atoms with Crippen LogP contribution in [0.2, 0.25) is 5.02 Å². The first kappa shape index (κ1) is 11.5. The van der Waals surface area contributed by atoms with Crippen molar-refractivity contribution in [1.82, 2.24) is 5.32 Å². The minimum absolute atomic E-state index is 0.146. The number of amides is 2. The van der Waals surface area contributed by atoms with Gasteiger partial charge in [-0.15, -0.1) is 0 Å². The van der Waals surface area contributed by atoms with Crippen LogP contribution in [-0.4, -0.2) is 18.4 Å². The minimum atomic E-state index is -0.567. The molecule has 0 spiro atoms. The van der Waals surface area contributed by atoms with E-state index in [1.54, 1.807) is 24.3 Å². The molecule has 0 heterocycles. The zero-order valence-corrected chi connectivity index (χ0v) is 8.75. The van der Waals surface area contributed by atoms with Gasteiger partial charge in [0.25, 0.3) is 0 Å². The fraction of sp³-hybridized carbons (Fsp3) is 0.200. The summed E-state index contributed by atoms with van der Waals surface area (Å²) in [5.41, 5.74) is 5.61. The van der Waals surface area contributed by atoms with Gasteiger partial charge < -0.3 is 11.1 Å². The molecular weight excluding hydrogens is 216 g/mol. The van der Waals surface area contributed by atoms with Gasteiger partial charge >= 0.3 is 0 Å². The summed E-state index contributed by atoms with van der Waals surface area (Å²) in [5.74, 6) is -0.843. The topological polar surface area (TPSA) is 72.2 Å². The summed E-state index contributed by atoms with van der Waals surface area (Å²) < 4.78 is 0. The van der Waals surface area contributed by atoms with Gasteiger partial charge in [0.1, 0.15) is 0 Å². The third-order valence-corrected chi connectivity index (χ3v) is 2.14. The van der Waals surface area contributed by atoms with Gasteiger partial charge in [0, 0.05) is 5.02 Å². The van der Waals surface area contributed by atoms with E-state index in [4.69, 9.17) is 17.3 Å². The van der Waals surface area contributed by atoms with Crippen LogP contribution < -0.4 is 11.1 Å². The minimum Gasteiger partial charge on any atom is -0.368 e. The Hall–Kier alpha value is -1.55. The monoisotopic (exact) mass is 226 g/mol. The number of carbonyl (C=O) groups excluding carboxylic acids is 2. The molecular formula is C10H11ClN2O2. The number of primary amides is 1. The number of nitrogens with one attached hydrogen (secondary N) is 1. The van der Waals surface area contributed by atoms with Crippen LogP contribution in [0.25, 0.3) is 0 Å². The molecule has 80 valence electrons. The second-order valence-electron chi connectivity index (χ2n) is 3.01. The number of hydrogen-bond donors (Lipinski definition) is 2. The van der Waals surface area contributed by atoms with E-state index < -0.39 is 5.91 Å². The lowest BCUT2D eigenvalue weighted by Gasteiger charge is -2.04. The number of rotatable bonds is 4. The summed E-state index contributed by atoms with van der Waals surface area (Å²) in [6.07, 6.45) is 0.146. The Morgan fingerprint density at radius 3 is 2.60 bits per heavy atom. The molecule has 0 aliphatic carbocycles. The third kappa shape index (κ3) is 3.99. The summed E-state index contributed by atoms with van der Waals surface area (Å²) in [7, 11) is 0. The van der Waals surface area contributed by atoms with E-state index in [1.165, 1.54) is 0 Å². The van der Waals surface area contributed by atoms with Crippen molar-refractivity contribution < 1.29 is 9.59 Å². The van der Waals surface area contributed by atoms with Gasteiger partial charge in [-0.1, -0.05) is 29.8 Å². The van der Waals surface area contributed by atoms with E-state index in [0.717, 1.165) is 5.56 Å². The molecule has 0 bridgehead atoms. The van der Waals surface area contributed by atoms with E-state index in [-0.39, 0.29) is 18.9 Å². The molecule has 0 aliphatic rings. The van der Waals surface area contributed by atoms with E-state index in [1.807, 2.05) is 0 Å². The van der Waals surface area contributed by atoms with E-state index in [2.05, 4.69) is 5.32 Å². The highest BCUT2D eigenvalue weighted by Gasteiger charge is 2.06. The van der Waals surface area contributed by atoms with E-state index >= 15 is 0 Å². The van der Waals surface area contributed by atoms with Crippen LogP contribution in [0.4, 0.5) is 0 Å². The average Bonchev–Trinajstić information content (AvgIpc) is 2.18. The van der Waals surface area contributed by atoms with Crippen LogP contribution in [0.15, 0.2) is 24.3 Å². The zero-order valence-electron chi connectivity index (χ0n) is 8.00. The smallest absolute Gasteiger partial charge is 0.236 e. The predicted molar refractivity (Wildman–Crippen MR) is 57.4 cm³/mol. The van der Waals surface area contributed by atoms with Gasteiger partial charge in [-0.2, -0.15) is 0 Å². The Morgan fingerprint density at radius 2 is 2.00 bits per heavy atom. The highest BCUT2D eigenvalue weighted by atomic mass is 35.5. The lowest BCUT2D eigenvalue weighted by atomic mass is 10.1. The van der Waals surface area contributed by atoms with Crippen molar-refractivity contribution in [2.75, 3.05) is 6.54 Å². The fourth-order valence-electron chi connectivity index (χ4n) is 1.06. The van der Waals surface area contributed by atoms with Crippen molar-refractivity contribution in [3.05, 3.63) is 34.9 Å². The van der Waals surface area contributed by atoms with Crippen molar-refractivity contribution >= 4 is 23.4 Å². The van der Waals surface area contributed by atoms with Crippen LogP contribution in [0.3, 0.4) is 0 Å². The van der Waals surface area contributed by atoms with E-state index in [0.29, 0.717) is 5.02 Å². The maximum Gasteiger partial charge on any atom is 0.236 e. The molecule has 0 aliphatic heterocycles. The first-order valence-corrected chi connectivity index (χ1v) is 4.76. The zero-order chi connectivity index (χ0) is 11.3. The van der Waals surface area contributed by atoms with Gasteiger partial charge in [-0.3, -0.25) is 9.59 Å². The normalized spacial score (nSPS) is 9.67. The molecule has 4 nitrogen and oxygen atoms in total. The van der Waals surface area contributed by atoms with Crippen LogP contribution >= 0.6 is 11.6 Å². The van der Waals surface area contributed by atoms with Gasteiger partial charge in [0.05, 0.1) is 13.0 Å². The quantitative estimate of drug-likeness (QED) is 0.784. The van der Waals surface area contributed by atoms with Crippen molar-refractivity contribution in [2.45, 2.75) is 6.42 Å². The summed E-state index contributed by atoms with van der Waals surface area (Å²) in [4.78, 5) is 21.7. The SMILES string of the molecule is NC(=O)CNC(=O)Cc1ccccc1Cl. The summed E-state index contributed by atoms with van der Waals surface area (Å²) >= 11 is 5.86. The van der Waals surface area contributed by atoms with Crippen molar-refractivity contribution in [3.8, 4) is 0 Å². The maximum atomic E-state index is 11.3. The number of hydrogen-bond acceptors (Lipinski definition) is 2. The molecule has 0 fully saturated rings. The Balaban J connectivity index is 2.52. The van der Waals surface area contributed by atoms with Crippen LogP contribution in [0.1, 0.15) is 5.56 Å². The molecule has 1 rings (SSSR count). The van der Waals surface area contributed by atoms with Gasteiger partial charge in [0.15, 0.2) is 0 Å². The van der Waals surface area contributed by atoms with Crippen molar-refractivity contribution in [2.24, 2.45) is 5.73 Å². The number of nitrogens with two attached hydrogens (primary N) is 1. The molecule has 2 amide bonds. The van der Waals surface area contributed by atoms with Crippen molar-refractivity contribution in [3.63, 3.8) is 0 Å². The van der Waals surface area contributed by atoms with Gasteiger partial charge in [-0.05, 0) is 11.6 Å². The second kappa shape index (κ2) is 5.36. The molecule has 1 aromatic rings. The Labute approximate surface area is 92.4 Å². The first-order valence-electron chi connectivity index (χ1n) is 4.38. The molecule has 3 N–H and O–H groups in total. The number of carbonyl (C=O) groups is 2. The first-order chi connectivity index (χ1) is 7.09. The van der Waals surface area contributed by atoms with Gasteiger partial charge in [0.2, 0.25) is 11.8 Å². The maximum absolute atomic E-state index is 11.3. The molecule has 0 saturated heterocycles. The lowest BCUT2D eigenvalue weighted by molar-refractivity contribution is -0.124. The molecule has 0 radical (unpaired) electrons. The second-order valence-corrected chi connectivity index (χ2v) is 3.42. The lowest BCUT2D eigenvalue weighted by Crippen LogP contribution is -2.34. The molecule has 15 heavy (non-hydrogen) atoms. The molecule has 5 heteroatoms. The summed E-state index contributed by atoms with van der Waals surface area (Å²) in [5, 5.41) is 2.92. The molecule has 0 unspecified atom stereocenters. The number of halogens is 1. The molecule has 0 atom stereocenters. The van der Waals surface area contributed by atoms with Crippen LogP contribution in [-0.2, 0) is 16.0 Å². The highest BCUT2D eigenvalue weighted by Crippen LogP contribution is 2.14. The average molecular weight is 227 g/mol. The predicted octanol–water partition coefficient (Wildman–Crippen LogP) is 0.484. The molecule has 0 aromatic heterocycles. The van der Waals surface area contributed by atoms with Crippen molar-refractivity contribution in [1.29, 1.82) is 0 Å². The largest absolute Gasteiger partial charge is 0.368 e. The fourth-order valence-corrected chi connectivity index (χ4v) is 1.27. The molecule has 0 saturated carbocycles. The van der Waals surface area contributed by atoms with Crippen LogP contribution in [0, 0.1) is 0 Å². The Morgan fingerprint density at radius 1 is 1.33 bits per heavy atom. The third-order valence-electron chi connectivity index (χ3n) is 1.77. The Bertz CT molecular complexity index is 379. The Kier molecular flexibility index (Phi) is 4.12. The highest BCUT2D eigenvalue weighted by molar-refractivity contribution is 6.31. The molecule has 1 aromatic carbocycles. The standard InChI is InChI=1S/C10H11ClN2O2/c11-8-4-2-1-3-7(8)5-10(15)13-6-9(12)14/h1-4H,5-6H2,(H2,12,14)(H,13,15).